The second kappa shape index (κ2) is 6.23. The largest absolute Gasteiger partial charge is 0.364 e. The fourth-order valence-corrected chi connectivity index (χ4v) is 4.77. The fourth-order valence-electron chi connectivity index (χ4n) is 2.52. The van der Waals surface area contributed by atoms with Gasteiger partial charge in [0.05, 0.1) is 6.26 Å². The van der Waals surface area contributed by atoms with Crippen molar-refractivity contribution in [3.8, 4) is 0 Å². The third-order valence-corrected chi connectivity index (χ3v) is 6.58. The number of piperidine rings is 1. The summed E-state index contributed by atoms with van der Waals surface area (Å²) in [5, 5.41) is 0. The van der Waals surface area contributed by atoms with Crippen LogP contribution in [0.5, 0.6) is 0 Å². The molecule has 0 aliphatic carbocycles. The number of nitrogens with zero attached hydrogens (tertiary/aromatic N) is 2. The number of aryl methyl sites for hydroxylation is 1. The first-order valence-corrected chi connectivity index (χ1v) is 10.3. The molecule has 23 heavy (non-hydrogen) atoms. The van der Waals surface area contributed by atoms with Crippen molar-refractivity contribution in [2.75, 3.05) is 19.3 Å². The lowest BCUT2D eigenvalue weighted by Gasteiger charge is -2.30. The van der Waals surface area contributed by atoms with Gasteiger partial charge in [-0.3, -0.25) is 4.79 Å². The van der Waals surface area contributed by atoms with Gasteiger partial charge in [-0.15, -0.1) is 0 Å². The summed E-state index contributed by atoms with van der Waals surface area (Å²) in [6, 6.07) is 0.867. The number of amides is 1. The van der Waals surface area contributed by atoms with E-state index in [1.165, 1.54) is 28.2 Å². The van der Waals surface area contributed by atoms with E-state index in [2.05, 4.69) is 4.72 Å². The molecule has 1 fully saturated rings. The monoisotopic (exact) mass is 364 g/mol. The smallest absolute Gasteiger partial charge is 0.265 e. The molecular formula is C12H20N4O5S2. The Kier molecular flexibility index (Phi) is 4.85. The number of rotatable bonds is 5. The maximum absolute atomic E-state index is 12.4. The molecular weight excluding hydrogens is 344 g/mol. The number of carbonyl (C=O) groups is 1. The molecule has 1 saturated heterocycles. The Bertz CT molecular complexity index is 805. The molecule has 1 aromatic rings. The third-order valence-electron chi connectivity index (χ3n) is 3.79. The lowest BCUT2D eigenvalue weighted by atomic mass is 10.1. The van der Waals surface area contributed by atoms with E-state index >= 15 is 0 Å². The number of aromatic nitrogens is 1. The molecule has 0 spiro atoms. The van der Waals surface area contributed by atoms with Gasteiger partial charge in [-0.05, 0) is 18.9 Å². The van der Waals surface area contributed by atoms with E-state index in [0.717, 1.165) is 6.26 Å². The van der Waals surface area contributed by atoms with Crippen LogP contribution in [0.2, 0.25) is 0 Å². The summed E-state index contributed by atoms with van der Waals surface area (Å²) in [4.78, 5) is 11.2. The van der Waals surface area contributed by atoms with Crippen LogP contribution in [0.3, 0.4) is 0 Å². The average Bonchev–Trinajstić information content (AvgIpc) is 2.81. The predicted octanol–water partition coefficient (Wildman–Crippen LogP) is -1.17. The van der Waals surface area contributed by atoms with Crippen molar-refractivity contribution in [1.82, 2.24) is 13.6 Å². The van der Waals surface area contributed by atoms with Crippen molar-refractivity contribution in [2.45, 2.75) is 23.8 Å². The zero-order chi connectivity index (χ0) is 17.4. The van der Waals surface area contributed by atoms with Crippen LogP contribution >= 0.6 is 0 Å². The molecule has 0 radical (unpaired) electrons. The van der Waals surface area contributed by atoms with Crippen molar-refractivity contribution in [1.29, 1.82) is 0 Å². The molecule has 3 N–H and O–H groups in total. The predicted molar refractivity (Wildman–Crippen MR) is 83.7 cm³/mol. The molecule has 0 aromatic carbocycles. The maximum atomic E-state index is 12.4. The molecule has 1 aliphatic rings. The lowest BCUT2D eigenvalue weighted by molar-refractivity contribution is 0.0992. The minimum absolute atomic E-state index is 0.0423. The normalized spacial score (nSPS) is 18.2. The highest BCUT2D eigenvalue weighted by atomic mass is 32.2. The maximum Gasteiger partial charge on any atom is 0.265 e. The van der Waals surface area contributed by atoms with Gasteiger partial charge in [0, 0.05) is 32.4 Å². The van der Waals surface area contributed by atoms with Crippen molar-refractivity contribution in [3.63, 3.8) is 0 Å². The second-order valence-corrected chi connectivity index (χ2v) is 9.29. The van der Waals surface area contributed by atoms with Crippen LogP contribution in [0.4, 0.5) is 0 Å². The lowest BCUT2D eigenvalue weighted by Crippen LogP contribution is -2.46. The van der Waals surface area contributed by atoms with Crippen LogP contribution in [0.1, 0.15) is 23.3 Å². The Hall–Kier alpha value is -1.43. The Morgan fingerprint density at radius 2 is 1.83 bits per heavy atom. The first-order chi connectivity index (χ1) is 10.5. The van der Waals surface area contributed by atoms with Gasteiger partial charge >= 0.3 is 0 Å². The summed E-state index contributed by atoms with van der Waals surface area (Å²) in [6.45, 7) is 0.542. The van der Waals surface area contributed by atoms with Crippen LogP contribution in [0.15, 0.2) is 17.2 Å². The first-order valence-electron chi connectivity index (χ1n) is 6.94. The summed E-state index contributed by atoms with van der Waals surface area (Å²) >= 11 is 0. The van der Waals surface area contributed by atoms with Crippen molar-refractivity contribution >= 4 is 26.0 Å². The van der Waals surface area contributed by atoms with Crippen molar-refractivity contribution < 1.29 is 21.6 Å². The molecule has 0 bridgehead atoms. The SMILES string of the molecule is Cn1cc(S(=O)(=O)NC2CCN(S(C)(=O)=O)CC2)cc1C(N)=O. The van der Waals surface area contributed by atoms with Gasteiger partial charge in [0.1, 0.15) is 10.6 Å². The van der Waals surface area contributed by atoms with Gasteiger partial charge in [-0.2, -0.15) is 0 Å². The quantitative estimate of drug-likeness (QED) is 0.679. The van der Waals surface area contributed by atoms with Gasteiger partial charge in [0.2, 0.25) is 20.0 Å². The highest BCUT2D eigenvalue weighted by molar-refractivity contribution is 7.89. The van der Waals surface area contributed by atoms with Gasteiger partial charge in [0.25, 0.3) is 5.91 Å². The number of nitrogens with two attached hydrogens (primary N) is 1. The number of nitrogens with one attached hydrogen (secondary N) is 1. The van der Waals surface area contributed by atoms with E-state index in [1.54, 1.807) is 0 Å². The van der Waals surface area contributed by atoms with Crippen LogP contribution in [0.25, 0.3) is 0 Å². The van der Waals surface area contributed by atoms with Gasteiger partial charge < -0.3 is 10.3 Å². The van der Waals surface area contributed by atoms with Crippen LogP contribution in [-0.4, -0.2) is 57.0 Å². The number of carbonyl (C=O) groups excluding carboxylic acids is 1. The summed E-state index contributed by atoms with van der Waals surface area (Å²) in [5.74, 6) is -0.713. The molecule has 130 valence electrons. The van der Waals surface area contributed by atoms with Crippen LogP contribution in [0, 0.1) is 0 Å². The molecule has 2 heterocycles. The van der Waals surface area contributed by atoms with E-state index < -0.39 is 26.0 Å². The Balaban J connectivity index is 2.08. The number of primary amides is 1. The Morgan fingerprint density at radius 3 is 2.26 bits per heavy atom. The van der Waals surface area contributed by atoms with Gasteiger partial charge in [0.15, 0.2) is 0 Å². The van der Waals surface area contributed by atoms with Crippen molar-refractivity contribution in [3.05, 3.63) is 18.0 Å². The Morgan fingerprint density at radius 1 is 1.26 bits per heavy atom. The number of hydrogen-bond donors (Lipinski definition) is 2. The van der Waals surface area contributed by atoms with Gasteiger partial charge in [-0.25, -0.2) is 25.9 Å². The van der Waals surface area contributed by atoms with Crippen molar-refractivity contribution in [2.24, 2.45) is 12.8 Å². The average molecular weight is 364 g/mol. The first kappa shape index (κ1) is 17.9. The molecule has 1 amide bonds. The van der Waals surface area contributed by atoms with Gasteiger partial charge in [-0.1, -0.05) is 0 Å². The van der Waals surface area contributed by atoms with E-state index in [9.17, 15) is 21.6 Å². The highest BCUT2D eigenvalue weighted by Crippen LogP contribution is 2.18. The Labute approximate surface area is 135 Å². The molecule has 1 aromatic heterocycles. The summed E-state index contributed by atoms with van der Waals surface area (Å²) < 4.78 is 52.8. The topological polar surface area (TPSA) is 132 Å². The third kappa shape index (κ3) is 4.10. The molecule has 0 unspecified atom stereocenters. The number of hydrogen-bond acceptors (Lipinski definition) is 5. The second-order valence-electron chi connectivity index (χ2n) is 5.59. The molecule has 11 heteroatoms. The standard InChI is InChI=1S/C12H20N4O5S2/c1-15-8-10(7-11(15)12(13)17)23(20,21)14-9-3-5-16(6-4-9)22(2,18)19/h7-9,14H,3-6H2,1-2H3,(H2,13,17). The van der Waals surface area contributed by atoms with E-state index in [0.29, 0.717) is 12.8 Å². The molecule has 0 saturated carbocycles. The van der Waals surface area contributed by atoms with E-state index in [-0.39, 0.29) is 29.7 Å². The molecule has 0 atom stereocenters. The van der Waals surface area contributed by atoms with Crippen LogP contribution < -0.4 is 10.5 Å². The summed E-state index contributed by atoms with van der Waals surface area (Å²) in [7, 11) is -5.52. The minimum Gasteiger partial charge on any atom is -0.364 e. The zero-order valence-corrected chi connectivity index (χ0v) is 14.5. The minimum atomic E-state index is -3.79. The molecule has 1 aliphatic heterocycles. The van der Waals surface area contributed by atoms with E-state index in [1.807, 2.05) is 0 Å². The summed E-state index contributed by atoms with van der Waals surface area (Å²) in [6.07, 6.45) is 3.23. The van der Waals surface area contributed by atoms with E-state index in [4.69, 9.17) is 5.73 Å². The fraction of sp³-hybridized carbons (Fsp3) is 0.583. The zero-order valence-electron chi connectivity index (χ0n) is 12.9. The molecule has 2 rings (SSSR count). The van der Waals surface area contributed by atoms with Crippen LogP contribution in [-0.2, 0) is 27.1 Å². The highest BCUT2D eigenvalue weighted by Gasteiger charge is 2.29. The molecule has 9 nitrogen and oxygen atoms in total. The summed E-state index contributed by atoms with van der Waals surface area (Å²) in [5.41, 5.74) is 5.27. The number of sulfonamides is 2.